The van der Waals surface area contributed by atoms with Gasteiger partial charge in [0.25, 0.3) is 5.91 Å². The summed E-state index contributed by atoms with van der Waals surface area (Å²) in [6.07, 6.45) is 1.59. The molecule has 0 bridgehead atoms. The molecule has 1 aromatic rings. The first kappa shape index (κ1) is 10.1. The zero-order valence-corrected chi connectivity index (χ0v) is 8.59. The molecule has 0 aromatic carbocycles. The Bertz CT molecular complexity index is 319. The number of carbonyl (C=O) groups is 1. The highest BCUT2D eigenvalue weighted by Gasteiger charge is 2.14. The van der Waals surface area contributed by atoms with Crippen molar-refractivity contribution in [1.29, 1.82) is 0 Å². The SMILES string of the molecule is CC(C)NC(=O)c1nn(C)cc1Cl. The van der Waals surface area contributed by atoms with E-state index < -0.39 is 0 Å². The minimum Gasteiger partial charge on any atom is -0.348 e. The van der Waals surface area contributed by atoms with Crippen molar-refractivity contribution in [1.82, 2.24) is 15.1 Å². The standard InChI is InChI=1S/C8H12ClN3O/c1-5(2)10-8(13)7-6(9)4-12(3)11-7/h4-5H,1-3H3,(H,10,13). The van der Waals surface area contributed by atoms with Crippen molar-refractivity contribution in [2.75, 3.05) is 0 Å². The van der Waals surface area contributed by atoms with E-state index in [-0.39, 0.29) is 17.6 Å². The first-order chi connectivity index (χ1) is 6.00. The molecule has 0 aliphatic rings. The zero-order chi connectivity index (χ0) is 10.0. The van der Waals surface area contributed by atoms with Crippen LogP contribution in [0.25, 0.3) is 0 Å². The van der Waals surface area contributed by atoms with Crippen LogP contribution in [0.15, 0.2) is 6.20 Å². The lowest BCUT2D eigenvalue weighted by molar-refractivity contribution is 0.0937. The van der Waals surface area contributed by atoms with Gasteiger partial charge in [-0.15, -0.1) is 0 Å². The lowest BCUT2D eigenvalue weighted by Gasteiger charge is -2.05. The maximum Gasteiger partial charge on any atom is 0.273 e. The van der Waals surface area contributed by atoms with Crippen LogP contribution in [0.1, 0.15) is 24.3 Å². The summed E-state index contributed by atoms with van der Waals surface area (Å²) >= 11 is 5.78. The normalized spacial score (nSPS) is 10.5. The fourth-order valence-electron chi connectivity index (χ4n) is 0.944. The van der Waals surface area contributed by atoms with Crippen LogP contribution in [0.2, 0.25) is 5.02 Å². The van der Waals surface area contributed by atoms with Crippen LogP contribution < -0.4 is 5.32 Å². The first-order valence-corrected chi connectivity index (χ1v) is 4.38. The van der Waals surface area contributed by atoms with Crippen LogP contribution in [-0.2, 0) is 7.05 Å². The van der Waals surface area contributed by atoms with Gasteiger partial charge in [-0.25, -0.2) is 0 Å². The Morgan fingerprint density at radius 2 is 2.31 bits per heavy atom. The van der Waals surface area contributed by atoms with Crippen molar-refractivity contribution in [3.8, 4) is 0 Å². The molecule has 4 nitrogen and oxygen atoms in total. The molecule has 72 valence electrons. The van der Waals surface area contributed by atoms with Crippen LogP contribution in [0, 0.1) is 0 Å². The highest BCUT2D eigenvalue weighted by atomic mass is 35.5. The van der Waals surface area contributed by atoms with E-state index in [4.69, 9.17) is 11.6 Å². The molecule has 0 saturated carbocycles. The van der Waals surface area contributed by atoms with E-state index in [0.717, 1.165) is 0 Å². The summed E-state index contributed by atoms with van der Waals surface area (Å²) in [5.74, 6) is -0.236. The zero-order valence-electron chi connectivity index (χ0n) is 7.84. The molecule has 0 radical (unpaired) electrons. The smallest absolute Gasteiger partial charge is 0.273 e. The van der Waals surface area contributed by atoms with E-state index in [0.29, 0.717) is 5.02 Å². The van der Waals surface area contributed by atoms with Gasteiger partial charge in [0.15, 0.2) is 5.69 Å². The molecule has 1 N–H and O–H groups in total. The van der Waals surface area contributed by atoms with E-state index >= 15 is 0 Å². The van der Waals surface area contributed by atoms with Gasteiger partial charge in [0.05, 0.1) is 5.02 Å². The van der Waals surface area contributed by atoms with Gasteiger partial charge in [-0.2, -0.15) is 5.10 Å². The molecule has 13 heavy (non-hydrogen) atoms. The van der Waals surface area contributed by atoms with Crippen LogP contribution >= 0.6 is 11.6 Å². The molecule has 0 spiro atoms. The molecular weight excluding hydrogens is 190 g/mol. The average Bonchev–Trinajstić information content (AvgIpc) is 2.28. The number of carbonyl (C=O) groups excluding carboxylic acids is 1. The maximum atomic E-state index is 11.4. The van der Waals surface area contributed by atoms with Crippen molar-refractivity contribution in [2.45, 2.75) is 19.9 Å². The Morgan fingerprint density at radius 3 is 2.69 bits per heavy atom. The highest BCUT2D eigenvalue weighted by molar-refractivity contribution is 6.33. The average molecular weight is 202 g/mol. The fraction of sp³-hybridized carbons (Fsp3) is 0.500. The quantitative estimate of drug-likeness (QED) is 0.782. The van der Waals surface area contributed by atoms with Crippen LogP contribution in [0.5, 0.6) is 0 Å². The van der Waals surface area contributed by atoms with E-state index in [1.807, 2.05) is 13.8 Å². The number of aryl methyl sites for hydroxylation is 1. The number of hydrogen-bond donors (Lipinski definition) is 1. The number of halogens is 1. The second-order valence-electron chi connectivity index (χ2n) is 3.13. The van der Waals surface area contributed by atoms with Gasteiger partial charge >= 0.3 is 0 Å². The second-order valence-corrected chi connectivity index (χ2v) is 3.53. The molecule has 1 aromatic heterocycles. The minimum absolute atomic E-state index is 0.0885. The van der Waals surface area contributed by atoms with Crippen molar-refractivity contribution < 1.29 is 4.79 Å². The summed E-state index contributed by atoms with van der Waals surface area (Å²) < 4.78 is 1.51. The van der Waals surface area contributed by atoms with Gasteiger partial charge in [-0.3, -0.25) is 9.48 Å². The van der Waals surface area contributed by atoms with Crippen LogP contribution in [0.4, 0.5) is 0 Å². The number of hydrogen-bond acceptors (Lipinski definition) is 2. The number of amides is 1. The molecule has 0 fully saturated rings. The number of nitrogens with zero attached hydrogens (tertiary/aromatic N) is 2. The molecule has 5 heteroatoms. The Labute approximate surface area is 81.9 Å². The molecule has 0 saturated heterocycles. The largest absolute Gasteiger partial charge is 0.348 e. The molecule has 1 heterocycles. The fourth-order valence-corrected chi connectivity index (χ4v) is 1.21. The summed E-state index contributed by atoms with van der Waals surface area (Å²) in [5.41, 5.74) is 0.276. The second kappa shape index (κ2) is 3.79. The number of rotatable bonds is 2. The molecular formula is C8H12ClN3O. The monoisotopic (exact) mass is 201 g/mol. The summed E-state index contributed by atoms with van der Waals surface area (Å²) in [5, 5.41) is 7.03. The summed E-state index contributed by atoms with van der Waals surface area (Å²) in [6, 6.07) is 0.0885. The molecule has 0 aliphatic heterocycles. The van der Waals surface area contributed by atoms with Crippen LogP contribution in [-0.4, -0.2) is 21.7 Å². The first-order valence-electron chi connectivity index (χ1n) is 4.00. The van der Waals surface area contributed by atoms with Gasteiger partial charge < -0.3 is 5.32 Å². The van der Waals surface area contributed by atoms with Crippen molar-refractivity contribution in [3.63, 3.8) is 0 Å². The lowest BCUT2D eigenvalue weighted by atomic mass is 10.3. The van der Waals surface area contributed by atoms with E-state index in [2.05, 4.69) is 10.4 Å². The topological polar surface area (TPSA) is 46.9 Å². The molecule has 0 unspecified atom stereocenters. The van der Waals surface area contributed by atoms with Gasteiger partial charge in [-0.1, -0.05) is 11.6 Å². The molecule has 1 amide bonds. The third-order valence-electron chi connectivity index (χ3n) is 1.42. The van der Waals surface area contributed by atoms with Gasteiger partial charge in [0.2, 0.25) is 0 Å². The predicted molar refractivity (Wildman–Crippen MR) is 50.8 cm³/mol. The maximum absolute atomic E-state index is 11.4. The number of nitrogens with one attached hydrogen (secondary N) is 1. The third kappa shape index (κ3) is 2.45. The van der Waals surface area contributed by atoms with E-state index in [1.54, 1.807) is 13.2 Å². The molecule has 0 aliphatic carbocycles. The van der Waals surface area contributed by atoms with Gasteiger partial charge in [-0.05, 0) is 13.8 Å². The summed E-state index contributed by atoms with van der Waals surface area (Å²) in [7, 11) is 1.72. The lowest BCUT2D eigenvalue weighted by Crippen LogP contribution is -2.30. The van der Waals surface area contributed by atoms with E-state index in [9.17, 15) is 4.79 Å². The van der Waals surface area contributed by atoms with Crippen molar-refractivity contribution in [3.05, 3.63) is 16.9 Å². The van der Waals surface area contributed by atoms with Crippen LogP contribution in [0.3, 0.4) is 0 Å². The van der Waals surface area contributed by atoms with Crippen molar-refractivity contribution in [2.24, 2.45) is 7.05 Å². The minimum atomic E-state index is -0.236. The predicted octanol–water partition coefficient (Wildman–Crippen LogP) is 1.21. The Hall–Kier alpha value is -1.03. The van der Waals surface area contributed by atoms with Crippen molar-refractivity contribution >= 4 is 17.5 Å². The Balaban J connectivity index is 2.82. The van der Waals surface area contributed by atoms with E-state index in [1.165, 1.54) is 4.68 Å². The van der Waals surface area contributed by atoms with Gasteiger partial charge in [0, 0.05) is 19.3 Å². The summed E-state index contributed by atoms with van der Waals surface area (Å²) in [6.45, 7) is 3.77. The summed E-state index contributed by atoms with van der Waals surface area (Å²) in [4.78, 5) is 11.4. The Kier molecular flexibility index (Phi) is 2.93. The number of aromatic nitrogens is 2. The molecule has 1 rings (SSSR count). The molecule has 0 atom stereocenters. The van der Waals surface area contributed by atoms with Gasteiger partial charge in [0.1, 0.15) is 0 Å². The Morgan fingerprint density at radius 1 is 1.69 bits per heavy atom. The third-order valence-corrected chi connectivity index (χ3v) is 1.70. The highest BCUT2D eigenvalue weighted by Crippen LogP contribution is 2.12.